The summed E-state index contributed by atoms with van der Waals surface area (Å²) in [6.45, 7) is 2.78. The second-order valence-electron chi connectivity index (χ2n) is 7.09. The van der Waals surface area contributed by atoms with Gasteiger partial charge in [0.25, 0.3) is 0 Å². The summed E-state index contributed by atoms with van der Waals surface area (Å²) in [4.78, 5) is 26.2. The van der Waals surface area contributed by atoms with Crippen molar-refractivity contribution in [1.29, 1.82) is 0 Å². The van der Waals surface area contributed by atoms with Crippen molar-refractivity contribution >= 4 is 11.7 Å². The first-order valence-corrected chi connectivity index (χ1v) is 9.73. The molecule has 1 aliphatic rings. The lowest BCUT2D eigenvalue weighted by Gasteiger charge is -2.36. The molecular weight excluding hydrogens is 366 g/mol. The molecule has 1 N–H and O–H groups in total. The molecule has 1 amide bonds. The quantitative estimate of drug-likeness (QED) is 0.710. The summed E-state index contributed by atoms with van der Waals surface area (Å²) < 4.78 is 1.71. The zero-order chi connectivity index (χ0) is 20.2. The van der Waals surface area contributed by atoms with Gasteiger partial charge in [-0.15, -0.1) is 0 Å². The first kappa shape index (κ1) is 19.1. The van der Waals surface area contributed by atoms with Crippen LogP contribution in [0.25, 0.3) is 11.4 Å². The SMILES string of the molecule is CNC(C(=O)N1CCN(c2ccnc(-c3ccccc3)n2)CC1)c1cnn(C)c1. The Kier molecular flexibility index (Phi) is 5.53. The van der Waals surface area contributed by atoms with Gasteiger partial charge in [0.2, 0.25) is 5.91 Å². The normalized spacial score (nSPS) is 15.4. The number of carbonyl (C=O) groups excluding carboxylic acids is 1. The topological polar surface area (TPSA) is 79.2 Å². The molecule has 0 aliphatic carbocycles. The molecule has 1 atom stereocenters. The lowest BCUT2D eigenvalue weighted by atomic mass is 10.1. The van der Waals surface area contributed by atoms with Crippen molar-refractivity contribution in [2.75, 3.05) is 38.1 Å². The highest BCUT2D eigenvalue weighted by Crippen LogP contribution is 2.21. The van der Waals surface area contributed by atoms with E-state index in [-0.39, 0.29) is 11.9 Å². The highest BCUT2D eigenvalue weighted by molar-refractivity contribution is 5.83. The van der Waals surface area contributed by atoms with Crippen molar-refractivity contribution in [3.05, 3.63) is 60.6 Å². The van der Waals surface area contributed by atoms with Gasteiger partial charge in [-0.05, 0) is 13.1 Å². The van der Waals surface area contributed by atoms with E-state index in [4.69, 9.17) is 4.98 Å². The van der Waals surface area contributed by atoms with Gasteiger partial charge in [0.1, 0.15) is 11.9 Å². The minimum absolute atomic E-state index is 0.0767. The number of anilines is 1. The van der Waals surface area contributed by atoms with Gasteiger partial charge in [-0.25, -0.2) is 9.97 Å². The van der Waals surface area contributed by atoms with Gasteiger partial charge in [0, 0.05) is 56.7 Å². The van der Waals surface area contributed by atoms with Crippen LogP contribution < -0.4 is 10.2 Å². The number of nitrogens with one attached hydrogen (secondary N) is 1. The maximum atomic E-state index is 13.0. The average molecular weight is 391 g/mol. The number of carbonyl (C=O) groups is 1. The molecule has 8 heteroatoms. The van der Waals surface area contributed by atoms with Crippen LogP contribution in [0.15, 0.2) is 55.0 Å². The first-order chi connectivity index (χ1) is 14.2. The van der Waals surface area contributed by atoms with Crippen molar-refractivity contribution in [3.8, 4) is 11.4 Å². The summed E-state index contributed by atoms with van der Waals surface area (Å²) >= 11 is 0. The Morgan fingerprint density at radius 3 is 2.52 bits per heavy atom. The molecule has 3 heterocycles. The van der Waals surface area contributed by atoms with E-state index < -0.39 is 0 Å². The van der Waals surface area contributed by atoms with Crippen LogP contribution in [0.1, 0.15) is 11.6 Å². The number of amides is 1. The van der Waals surface area contributed by atoms with E-state index in [1.165, 1.54) is 0 Å². The van der Waals surface area contributed by atoms with E-state index in [1.807, 2.05) is 54.5 Å². The van der Waals surface area contributed by atoms with E-state index in [0.717, 1.165) is 30.0 Å². The summed E-state index contributed by atoms with van der Waals surface area (Å²) in [6, 6.07) is 11.5. The Bertz CT molecular complexity index is 964. The Morgan fingerprint density at radius 2 is 1.86 bits per heavy atom. The van der Waals surface area contributed by atoms with Crippen molar-refractivity contribution in [1.82, 2.24) is 30.0 Å². The van der Waals surface area contributed by atoms with Crippen LogP contribution in [-0.4, -0.2) is 63.8 Å². The molecule has 150 valence electrons. The predicted octanol–water partition coefficient (Wildman–Crippen LogP) is 1.49. The number of hydrogen-bond donors (Lipinski definition) is 1. The predicted molar refractivity (Wildman–Crippen MR) is 111 cm³/mol. The van der Waals surface area contributed by atoms with Crippen LogP contribution in [0.4, 0.5) is 5.82 Å². The van der Waals surface area contributed by atoms with Crippen LogP contribution in [0.5, 0.6) is 0 Å². The Balaban J connectivity index is 1.42. The number of hydrogen-bond acceptors (Lipinski definition) is 6. The van der Waals surface area contributed by atoms with Crippen molar-refractivity contribution < 1.29 is 4.79 Å². The fourth-order valence-corrected chi connectivity index (χ4v) is 3.61. The van der Waals surface area contributed by atoms with E-state index in [0.29, 0.717) is 18.9 Å². The molecule has 4 rings (SSSR count). The number of likely N-dealkylation sites (N-methyl/N-ethyl adjacent to an activating group) is 1. The molecule has 1 fully saturated rings. The molecule has 0 saturated carbocycles. The Morgan fingerprint density at radius 1 is 1.10 bits per heavy atom. The summed E-state index contributed by atoms with van der Waals surface area (Å²) in [5.41, 5.74) is 1.88. The van der Waals surface area contributed by atoms with E-state index in [2.05, 4.69) is 20.3 Å². The monoisotopic (exact) mass is 391 g/mol. The third-order valence-corrected chi connectivity index (χ3v) is 5.18. The number of rotatable bonds is 5. The molecule has 8 nitrogen and oxygen atoms in total. The molecule has 1 aromatic carbocycles. The molecule has 1 unspecified atom stereocenters. The smallest absolute Gasteiger partial charge is 0.244 e. The largest absolute Gasteiger partial charge is 0.353 e. The second-order valence-corrected chi connectivity index (χ2v) is 7.09. The van der Waals surface area contributed by atoms with E-state index in [9.17, 15) is 4.79 Å². The molecule has 29 heavy (non-hydrogen) atoms. The average Bonchev–Trinajstić information content (AvgIpc) is 3.21. The number of aryl methyl sites for hydroxylation is 1. The number of piperazine rings is 1. The minimum atomic E-state index is -0.376. The fourth-order valence-electron chi connectivity index (χ4n) is 3.61. The number of benzene rings is 1. The molecule has 3 aromatic rings. The zero-order valence-electron chi connectivity index (χ0n) is 16.7. The van der Waals surface area contributed by atoms with Crippen molar-refractivity contribution in [3.63, 3.8) is 0 Å². The first-order valence-electron chi connectivity index (χ1n) is 9.73. The van der Waals surface area contributed by atoms with Crippen LogP contribution >= 0.6 is 0 Å². The minimum Gasteiger partial charge on any atom is -0.353 e. The van der Waals surface area contributed by atoms with Gasteiger partial charge in [-0.3, -0.25) is 9.48 Å². The molecule has 0 bridgehead atoms. The zero-order valence-corrected chi connectivity index (χ0v) is 16.7. The maximum absolute atomic E-state index is 13.0. The number of aromatic nitrogens is 4. The lowest BCUT2D eigenvalue weighted by Crippen LogP contribution is -2.51. The Labute approximate surface area is 170 Å². The standard InChI is InChI=1S/C21H25N7O/c1-22-19(17-14-24-26(2)15-17)21(29)28-12-10-27(11-13-28)18-8-9-23-20(25-18)16-6-4-3-5-7-16/h3-9,14-15,19,22H,10-13H2,1-2H3. The van der Waals surface area contributed by atoms with Gasteiger partial charge in [0.05, 0.1) is 6.20 Å². The van der Waals surface area contributed by atoms with Crippen LogP contribution in [0.3, 0.4) is 0 Å². The fraction of sp³-hybridized carbons (Fsp3) is 0.333. The van der Waals surface area contributed by atoms with Crippen LogP contribution in [0, 0.1) is 0 Å². The summed E-state index contributed by atoms with van der Waals surface area (Å²) in [7, 11) is 3.66. The van der Waals surface area contributed by atoms with E-state index in [1.54, 1.807) is 24.1 Å². The van der Waals surface area contributed by atoms with Crippen molar-refractivity contribution in [2.45, 2.75) is 6.04 Å². The molecule has 2 aromatic heterocycles. The highest BCUT2D eigenvalue weighted by Gasteiger charge is 2.28. The number of nitrogens with zero attached hydrogens (tertiary/aromatic N) is 6. The Hall–Kier alpha value is -3.26. The molecular formula is C21H25N7O. The maximum Gasteiger partial charge on any atom is 0.244 e. The highest BCUT2D eigenvalue weighted by atomic mass is 16.2. The summed E-state index contributed by atoms with van der Waals surface area (Å²) in [6.07, 6.45) is 5.41. The third kappa shape index (κ3) is 4.12. The third-order valence-electron chi connectivity index (χ3n) is 5.18. The van der Waals surface area contributed by atoms with Gasteiger partial charge in [-0.2, -0.15) is 5.10 Å². The van der Waals surface area contributed by atoms with Gasteiger partial charge < -0.3 is 15.1 Å². The van der Waals surface area contributed by atoms with Crippen molar-refractivity contribution in [2.24, 2.45) is 7.05 Å². The molecule has 1 saturated heterocycles. The summed E-state index contributed by atoms with van der Waals surface area (Å²) in [5, 5.41) is 7.30. The molecule has 0 spiro atoms. The molecule has 0 radical (unpaired) electrons. The molecule has 1 aliphatic heterocycles. The van der Waals surface area contributed by atoms with Gasteiger partial charge >= 0.3 is 0 Å². The van der Waals surface area contributed by atoms with Crippen LogP contribution in [-0.2, 0) is 11.8 Å². The summed E-state index contributed by atoms with van der Waals surface area (Å²) in [5.74, 6) is 1.68. The lowest BCUT2D eigenvalue weighted by molar-refractivity contribution is -0.133. The van der Waals surface area contributed by atoms with Crippen LogP contribution in [0.2, 0.25) is 0 Å². The van der Waals surface area contributed by atoms with E-state index >= 15 is 0 Å². The second kappa shape index (κ2) is 8.40. The van der Waals surface area contributed by atoms with Gasteiger partial charge in [-0.1, -0.05) is 30.3 Å². The van der Waals surface area contributed by atoms with Gasteiger partial charge in [0.15, 0.2) is 5.82 Å².